The van der Waals surface area contributed by atoms with E-state index in [9.17, 15) is 0 Å². The second-order valence-electron chi connectivity index (χ2n) is 3.84. The molecule has 0 radical (unpaired) electrons. The number of thiocarbonyl (C=S) groups is 1. The second kappa shape index (κ2) is 7.11. The number of nitrogens with one attached hydrogen (secondary N) is 2. The minimum atomic E-state index is 0.623. The fraction of sp³-hybridized carbons (Fsp3) is 0.214. The summed E-state index contributed by atoms with van der Waals surface area (Å²) in [5, 5.41) is 8.99. The summed E-state index contributed by atoms with van der Waals surface area (Å²) in [6.45, 7) is 3.39. The summed E-state index contributed by atoms with van der Waals surface area (Å²) in [6.07, 6.45) is 0. The van der Waals surface area contributed by atoms with Crippen LogP contribution in [-0.4, -0.2) is 11.7 Å². The average Bonchev–Trinajstić information content (AvgIpc) is 2.92. The van der Waals surface area contributed by atoms with Gasteiger partial charge in [-0.3, -0.25) is 0 Å². The molecule has 1 aromatic heterocycles. The quantitative estimate of drug-likeness (QED) is 0.825. The second-order valence-corrected chi connectivity index (χ2v) is 5.28. The smallest absolute Gasteiger partial charge is 0.171 e. The highest BCUT2D eigenvalue weighted by molar-refractivity contribution is 7.80. The van der Waals surface area contributed by atoms with Crippen LogP contribution in [0, 0.1) is 0 Å². The number of hydrogen-bond donors (Lipinski definition) is 2. The van der Waals surface area contributed by atoms with Gasteiger partial charge in [0.1, 0.15) is 5.75 Å². The van der Waals surface area contributed by atoms with Gasteiger partial charge in [0.05, 0.1) is 13.2 Å². The molecular weight excluding hydrogens is 276 g/mol. The lowest BCUT2D eigenvalue weighted by molar-refractivity contribution is 0.340. The Labute approximate surface area is 122 Å². The predicted octanol–water partition coefficient (Wildman–Crippen LogP) is 3.63. The van der Waals surface area contributed by atoms with Gasteiger partial charge in [-0.25, -0.2) is 0 Å². The first kappa shape index (κ1) is 13.8. The Balaban J connectivity index is 1.81. The van der Waals surface area contributed by atoms with E-state index in [1.54, 1.807) is 11.3 Å². The molecule has 2 N–H and O–H groups in total. The van der Waals surface area contributed by atoms with E-state index in [4.69, 9.17) is 17.0 Å². The molecule has 0 unspecified atom stereocenters. The monoisotopic (exact) mass is 292 g/mol. The lowest BCUT2D eigenvalue weighted by Gasteiger charge is -2.10. The van der Waals surface area contributed by atoms with E-state index in [0.717, 1.165) is 18.0 Å². The Morgan fingerprint density at radius 3 is 2.68 bits per heavy atom. The maximum atomic E-state index is 5.39. The van der Waals surface area contributed by atoms with Crippen molar-refractivity contribution in [2.75, 3.05) is 11.9 Å². The molecule has 0 bridgehead atoms. The lowest BCUT2D eigenvalue weighted by atomic mass is 10.3. The first-order valence-corrected chi connectivity index (χ1v) is 7.37. The molecule has 0 saturated heterocycles. The van der Waals surface area contributed by atoms with Gasteiger partial charge in [0.2, 0.25) is 0 Å². The van der Waals surface area contributed by atoms with E-state index in [1.165, 1.54) is 4.88 Å². The molecular formula is C14H16N2OS2. The van der Waals surface area contributed by atoms with E-state index >= 15 is 0 Å². The van der Waals surface area contributed by atoms with Gasteiger partial charge in [-0.05, 0) is 54.9 Å². The fourth-order valence-electron chi connectivity index (χ4n) is 1.56. The van der Waals surface area contributed by atoms with Crippen LogP contribution in [0.2, 0.25) is 0 Å². The van der Waals surface area contributed by atoms with Crippen molar-refractivity contribution in [1.29, 1.82) is 0 Å². The average molecular weight is 292 g/mol. The van der Waals surface area contributed by atoms with E-state index < -0.39 is 0 Å². The topological polar surface area (TPSA) is 33.3 Å². The van der Waals surface area contributed by atoms with E-state index in [-0.39, 0.29) is 0 Å². The van der Waals surface area contributed by atoms with Crippen LogP contribution in [0.4, 0.5) is 5.69 Å². The Morgan fingerprint density at radius 1 is 1.26 bits per heavy atom. The molecule has 0 amide bonds. The van der Waals surface area contributed by atoms with Crippen LogP contribution in [0.5, 0.6) is 5.75 Å². The third-order valence-corrected chi connectivity index (χ3v) is 3.55. The zero-order valence-corrected chi connectivity index (χ0v) is 12.3. The van der Waals surface area contributed by atoms with Crippen molar-refractivity contribution in [2.45, 2.75) is 13.5 Å². The first-order valence-electron chi connectivity index (χ1n) is 6.08. The summed E-state index contributed by atoms with van der Waals surface area (Å²) in [5.41, 5.74) is 0.951. The SMILES string of the molecule is CCOc1ccc(NC(=S)NCc2cccs2)cc1. The van der Waals surface area contributed by atoms with Gasteiger partial charge in [0, 0.05) is 10.6 Å². The molecule has 100 valence electrons. The molecule has 0 aliphatic heterocycles. The minimum absolute atomic E-state index is 0.623. The van der Waals surface area contributed by atoms with E-state index in [2.05, 4.69) is 22.1 Å². The molecule has 1 heterocycles. The molecule has 0 saturated carbocycles. The van der Waals surface area contributed by atoms with Crippen LogP contribution in [0.3, 0.4) is 0 Å². The number of benzene rings is 1. The van der Waals surface area contributed by atoms with Crippen LogP contribution in [0.15, 0.2) is 41.8 Å². The van der Waals surface area contributed by atoms with Crippen molar-refractivity contribution in [3.05, 3.63) is 46.7 Å². The van der Waals surface area contributed by atoms with Crippen molar-refractivity contribution in [3.8, 4) is 5.75 Å². The van der Waals surface area contributed by atoms with Gasteiger partial charge in [-0.15, -0.1) is 11.3 Å². The first-order chi connectivity index (χ1) is 9.28. The van der Waals surface area contributed by atoms with Crippen molar-refractivity contribution in [3.63, 3.8) is 0 Å². The van der Waals surface area contributed by atoms with Gasteiger partial charge in [-0.2, -0.15) is 0 Å². The van der Waals surface area contributed by atoms with Crippen molar-refractivity contribution >= 4 is 34.4 Å². The van der Waals surface area contributed by atoms with Crippen LogP contribution in [0.25, 0.3) is 0 Å². The summed E-state index contributed by atoms with van der Waals surface area (Å²) in [6, 6.07) is 11.9. The Kier molecular flexibility index (Phi) is 5.18. The van der Waals surface area contributed by atoms with Crippen LogP contribution in [-0.2, 0) is 6.54 Å². The molecule has 2 aromatic rings. The van der Waals surface area contributed by atoms with Gasteiger partial charge >= 0.3 is 0 Å². The Morgan fingerprint density at radius 2 is 2.05 bits per heavy atom. The van der Waals surface area contributed by atoms with Crippen molar-refractivity contribution in [2.24, 2.45) is 0 Å². The number of thiophene rings is 1. The molecule has 2 rings (SSSR count). The highest BCUT2D eigenvalue weighted by Gasteiger charge is 1.99. The zero-order chi connectivity index (χ0) is 13.5. The predicted molar refractivity (Wildman–Crippen MR) is 85.0 cm³/mol. The van der Waals surface area contributed by atoms with Gasteiger partial charge in [-0.1, -0.05) is 6.07 Å². The normalized spacial score (nSPS) is 9.95. The summed E-state index contributed by atoms with van der Waals surface area (Å²) in [5.74, 6) is 0.866. The number of anilines is 1. The fourth-order valence-corrected chi connectivity index (χ4v) is 2.39. The van der Waals surface area contributed by atoms with Gasteiger partial charge in [0.25, 0.3) is 0 Å². The minimum Gasteiger partial charge on any atom is -0.494 e. The Hall–Kier alpha value is -1.59. The molecule has 5 heteroatoms. The zero-order valence-electron chi connectivity index (χ0n) is 10.7. The summed E-state index contributed by atoms with van der Waals surface area (Å²) in [4.78, 5) is 1.26. The van der Waals surface area contributed by atoms with Crippen LogP contribution in [0.1, 0.15) is 11.8 Å². The third kappa shape index (κ3) is 4.54. The molecule has 19 heavy (non-hydrogen) atoms. The molecule has 1 aromatic carbocycles. The van der Waals surface area contributed by atoms with Crippen LogP contribution < -0.4 is 15.4 Å². The van der Waals surface area contributed by atoms with Gasteiger partial charge < -0.3 is 15.4 Å². The summed E-state index contributed by atoms with van der Waals surface area (Å²) in [7, 11) is 0. The van der Waals surface area contributed by atoms with Crippen molar-refractivity contribution in [1.82, 2.24) is 5.32 Å². The highest BCUT2D eigenvalue weighted by atomic mass is 32.1. The molecule has 0 spiro atoms. The number of ether oxygens (including phenoxy) is 1. The Bertz CT molecular complexity index is 509. The van der Waals surface area contributed by atoms with E-state index in [1.807, 2.05) is 37.3 Å². The molecule has 0 aliphatic carbocycles. The summed E-state index contributed by atoms with van der Waals surface area (Å²) >= 11 is 6.96. The number of rotatable bonds is 5. The maximum Gasteiger partial charge on any atom is 0.171 e. The summed E-state index contributed by atoms with van der Waals surface area (Å²) < 4.78 is 5.39. The maximum absolute atomic E-state index is 5.39. The molecule has 0 aliphatic rings. The lowest BCUT2D eigenvalue weighted by Crippen LogP contribution is -2.27. The van der Waals surface area contributed by atoms with E-state index in [0.29, 0.717) is 11.7 Å². The standard InChI is InChI=1S/C14H16N2OS2/c1-2-17-12-7-5-11(6-8-12)16-14(18)15-10-13-4-3-9-19-13/h3-9H,2,10H2,1H3,(H2,15,16,18). The van der Waals surface area contributed by atoms with Gasteiger partial charge in [0.15, 0.2) is 5.11 Å². The third-order valence-electron chi connectivity index (χ3n) is 2.43. The number of hydrogen-bond acceptors (Lipinski definition) is 3. The molecule has 3 nitrogen and oxygen atoms in total. The molecule has 0 atom stereocenters. The van der Waals surface area contributed by atoms with Crippen LogP contribution >= 0.6 is 23.6 Å². The molecule has 0 fully saturated rings. The van der Waals surface area contributed by atoms with Crippen molar-refractivity contribution < 1.29 is 4.74 Å². The largest absolute Gasteiger partial charge is 0.494 e. The highest BCUT2D eigenvalue weighted by Crippen LogP contribution is 2.15.